The van der Waals surface area contributed by atoms with Crippen molar-refractivity contribution in [3.05, 3.63) is 69.3 Å². The van der Waals surface area contributed by atoms with Crippen LogP contribution in [0.4, 0.5) is 18.9 Å². The number of nitro benzene ring substituents is 1. The van der Waals surface area contributed by atoms with E-state index in [-0.39, 0.29) is 35.2 Å². The van der Waals surface area contributed by atoms with Gasteiger partial charge in [-0.15, -0.1) is 0 Å². The van der Waals surface area contributed by atoms with Crippen LogP contribution in [0.25, 0.3) is 0 Å². The number of amides is 1. The molecule has 0 atom stereocenters. The molecule has 0 N–H and O–H groups in total. The van der Waals surface area contributed by atoms with Crippen LogP contribution in [0.1, 0.15) is 34.3 Å². The molecular formula is C19H17F3N2O4. The fraction of sp³-hybridized carbons (Fsp3) is 0.316. The number of halogens is 3. The first-order valence-electron chi connectivity index (χ1n) is 8.51. The van der Waals surface area contributed by atoms with Crippen molar-refractivity contribution in [3.8, 4) is 5.75 Å². The van der Waals surface area contributed by atoms with Crippen LogP contribution in [0.3, 0.4) is 0 Å². The molecule has 1 saturated carbocycles. The summed E-state index contributed by atoms with van der Waals surface area (Å²) in [6.45, 7) is -0.223. The van der Waals surface area contributed by atoms with Gasteiger partial charge in [0.2, 0.25) is 0 Å². The lowest BCUT2D eigenvalue weighted by molar-refractivity contribution is -0.385. The lowest BCUT2D eigenvalue weighted by Crippen LogP contribution is -2.33. The minimum absolute atomic E-state index is 0.00180. The van der Waals surface area contributed by atoms with Gasteiger partial charge >= 0.3 is 11.9 Å². The maximum absolute atomic E-state index is 13.3. The first kappa shape index (κ1) is 19.7. The number of alkyl halides is 3. The Labute approximate surface area is 158 Å². The molecule has 0 heterocycles. The summed E-state index contributed by atoms with van der Waals surface area (Å²) in [5, 5.41) is 11.2. The molecule has 28 heavy (non-hydrogen) atoms. The topological polar surface area (TPSA) is 72.7 Å². The summed E-state index contributed by atoms with van der Waals surface area (Å²) in [6.07, 6.45) is -3.18. The SMILES string of the molecule is COc1ccc(C(=O)N(Cc2ccccc2C(F)(F)F)C2CC2)cc1[N+](=O)[O-]. The zero-order valence-corrected chi connectivity index (χ0v) is 14.9. The number of hydrogen-bond donors (Lipinski definition) is 0. The molecule has 6 nitrogen and oxygen atoms in total. The molecule has 0 bridgehead atoms. The van der Waals surface area contributed by atoms with E-state index in [1.54, 1.807) is 0 Å². The Kier molecular flexibility index (Phi) is 5.26. The molecule has 148 valence electrons. The van der Waals surface area contributed by atoms with E-state index >= 15 is 0 Å². The van der Waals surface area contributed by atoms with Crippen LogP contribution < -0.4 is 4.74 Å². The van der Waals surface area contributed by atoms with E-state index in [1.165, 1.54) is 42.3 Å². The van der Waals surface area contributed by atoms with Gasteiger partial charge in [0.05, 0.1) is 17.6 Å². The van der Waals surface area contributed by atoms with Gasteiger partial charge in [-0.25, -0.2) is 0 Å². The maximum Gasteiger partial charge on any atom is 0.416 e. The molecular weight excluding hydrogens is 377 g/mol. The third kappa shape index (κ3) is 4.08. The van der Waals surface area contributed by atoms with E-state index in [0.29, 0.717) is 12.8 Å². The number of rotatable bonds is 6. The minimum atomic E-state index is -4.53. The van der Waals surface area contributed by atoms with Crippen molar-refractivity contribution < 1.29 is 27.6 Å². The summed E-state index contributed by atoms with van der Waals surface area (Å²) in [5.41, 5.74) is -1.16. The Morgan fingerprint density at radius 1 is 1.25 bits per heavy atom. The Bertz CT molecular complexity index is 910. The molecule has 2 aromatic rings. The van der Waals surface area contributed by atoms with Gasteiger partial charge in [0.15, 0.2) is 5.75 Å². The van der Waals surface area contributed by atoms with Crippen molar-refractivity contribution in [2.24, 2.45) is 0 Å². The summed E-state index contributed by atoms with van der Waals surface area (Å²) in [5.74, 6) is -0.549. The number of carbonyl (C=O) groups excluding carboxylic acids is 1. The van der Waals surface area contributed by atoms with Gasteiger partial charge in [0.1, 0.15) is 0 Å². The van der Waals surface area contributed by atoms with Crippen LogP contribution >= 0.6 is 0 Å². The number of hydrogen-bond acceptors (Lipinski definition) is 4. The predicted octanol–water partition coefficient (Wildman–Crippen LogP) is 4.43. The van der Waals surface area contributed by atoms with E-state index in [1.807, 2.05) is 0 Å². The summed E-state index contributed by atoms with van der Waals surface area (Å²) in [4.78, 5) is 24.8. The van der Waals surface area contributed by atoms with Crippen LogP contribution in [0.2, 0.25) is 0 Å². The van der Waals surface area contributed by atoms with E-state index in [0.717, 1.165) is 12.1 Å². The van der Waals surface area contributed by atoms with Crippen molar-refractivity contribution in [1.82, 2.24) is 4.90 Å². The quantitative estimate of drug-likeness (QED) is 0.537. The predicted molar refractivity (Wildman–Crippen MR) is 94.0 cm³/mol. The standard InChI is InChI=1S/C19H17F3N2O4/c1-28-17-9-6-12(10-16(17)24(26)27)18(25)23(14-7-8-14)11-13-4-2-3-5-15(13)19(20,21)22/h2-6,9-10,14H,7-8,11H2,1H3. The number of ether oxygens (including phenoxy) is 1. The second-order valence-electron chi connectivity index (χ2n) is 6.46. The van der Waals surface area contributed by atoms with Crippen molar-refractivity contribution in [1.29, 1.82) is 0 Å². The molecule has 0 saturated heterocycles. The van der Waals surface area contributed by atoms with Gasteiger partial charge < -0.3 is 9.64 Å². The normalized spacial score (nSPS) is 13.9. The van der Waals surface area contributed by atoms with Gasteiger partial charge in [0.25, 0.3) is 5.91 Å². The third-order valence-electron chi connectivity index (χ3n) is 4.53. The van der Waals surface area contributed by atoms with E-state index in [2.05, 4.69) is 0 Å². The van der Waals surface area contributed by atoms with Crippen LogP contribution in [-0.2, 0) is 12.7 Å². The molecule has 1 amide bonds. The first-order valence-corrected chi connectivity index (χ1v) is 8.51. The summed E-state index contributed by atoms with van der Waals surface area (Å²) < 4.78 is 44.7. The van der Waals surface area contributed by atoms with Crippen LogP contribution in [0.15, 0.2) is 42.5 Å². The summed E-state index contributed by atoms with van der Waals surface area (Å²) >= 11 is 0. The highest BCUT2D eigenvalue weighted by atomic mass is 19.4. The van der Waals surface area contributed by atoms with Crippen molar-refractivity contribution >= 4 is 11.6 Å². The van der Waals surface area contributed by atoms with Crippen molar-refractivity contribution in [2.45, 2.75) is 31.6 Å². The highest BCUT2D eigenvalue weighted by Crippen LogP contribution is 2.36. The molecule has 0 aliphatic heterocycles. The van der Waals surface area contributed by atoms with E-state index < -0.39 is 22.6 Å². The second-order valence-corrected chi connectivity index (χ2v) is 6.46. The first-order chi connectivity index (χ1) is 13.2. The fourth-order valence-corrected chi connectivity index (χ4v) is 3.00. The van der Waals surface area contributed by atoms with Crippen LogP contribution in [0, 0.1) is 10.1 Å². The number of benzene rings is 2. The van der Waals surface area contributed by atoms with E-state index in [9.17, 15) is 28.1 Å². The second kappa shape index (κ2) is 7.49. The molecule has 1 aliphatic rings. The Balaban J connectivity index is 1.93. The van der Waals surface area contributed by atoms with E-state index in [4.69, 9.17) is 4.74 Å². The Morgan fingerprint density at radius 3 is 2.50 bits per heavy atom. The minimum Gasteiger partial charge on any atom is -0.490 e. The van der Waals surface area contributed by atoms with Crippen LogP contribution in [-0.4, -0.2) is 28.9 Å². The molecule has 0 unspecified atom stereocenters. The number of nitro groups is 1. The smallest absolute Gasteiger partial charge is 0.416 e. The number of carbonyl (C=O) groups is 1. The number of nitrogens with zero attached hydrogens (tertiary/aromatic N) is 2. The summed E-state index contributed by atoms with van der Waals surface area (Å²) in [6, 6.07) is 8.67. The number of methoxy groups -OCH3 is 1. The lowest BCUT2D eigenvalue weighted by Gasteiger charge is -2.24. The average Bonchev–Trinajstić information content (AvgIpc) is 3.49. The highest BCUT2D eigenvalue weighted by molar-refractivity contribution is 5.95. The zero-order valence-electron chi connectivity index (χ0n) is 14.9. The van der Waals surface area contributed by atoms with Crippen LogP contribution in [0.5, 0.6) is 5.75 Å². The van der Waals surface area contributed by atoms with Crippen molar-refractivity contribution in [3.63, 3.8) is 0 Å². The third-order valence-corrected chi connectivity index (χ3v) is 4.53. The molecule has 3 rings (SSSR count). The van der Waals surface area contributed by atoms with Gasteiger partial charge in [-0.1, -0.05) is 18.2 Å². The molecule has 1 fully saturated rings. The molecule has 0 aromatic heterocycles. The highest BCUT2D eigenvalue weighted by Gasteiger charge is 2.37. The van der Waals surface area contributed by atoms with Crippen molar-refractivity contribution in [2.75, 3.05) is 7.11 Å². The monoisotopic (exact) mass is 394 g/mol. The average molecular weight is 394 g/mol. The Morgan fingerprint density at radius 2 is 1.93 bits per heavy atom. The molecule has 0 spiro atoms. The summed E-state index contributed by atoms with van der Waals surface area (Å²) in [7, 11) is 1.27. The molecule has 0 radical (unpaired) electrons. The van der Waals surface area contributed by atoms with Gasteiger partial charge in [-0.2, -0.15) is 13.2 Å². The molecule has 1 aliphatic carbocycles. The lowest BCUT2D eigenvalue weighted by atomic mass is 10.1. The fourth-order valence-electron chi connectivity index (χ4n) is 3.00. The molecule has 9 heteroatoms. The maximum atomic E-state index is 13.3. The van der Waals surface area contributed by atoms with Gasteiger partial charge in [-0.05, 0) is 36.6 Å². The zero-order chi connectivity index (χ0) is 20.5. The van der Waals surface area contributed by atoms with Gasteiger partial charge in [-0.3, -0.25) is 14.9 Å². The van der Waals surface area contributed by atoms with Gasteiger partial charge in [0, 0.05) is 24.2 Å². The molecule has 2 aromatic carbocycles. The Hall–Kier alpha value is -3.10. The largest absolute Gasteiger partial charge is 0.490 e.